The third kappa shape index (κ3) is 4.57. The van der Waals surface area contributed by atoms with E-state index < -0.39 is 26.7 Å². The van der Waals surface area contributed by atoms with Gasteiger partial charge in [0.1, 0.15) is 17.0 Å². The zero-order valence-corrected chi connectivity index (χ0v) is 18.2. The highest BCUT2D eigenvalue weighted by Gasteiger charge is 2.35. The Morgan fingerprint density at radius 1 is 0.906 bits per heavy atom. The Balaban J connectivity index is 1.52. The average Bonchev–Trinajstić information content (AvgIpc) is 2.79. The molecule has 0 amide bonds. The largest absolute Gasteiger partial charge is 0.416 e. The molecule has 1 aliphatic rings. The normalized spacial score (nSPS) is 15.7. The lowest BCUT2D eigenvalue weighted by Crippen LogP contribution is -2.49. The number of anilines is 1. The van der Waals surface area contributed by atoms with Crippen LogP contribution < -0.4 is 4.90 Å². The molecule has 0 unspecified atom stereocenters. The number of piperazine rings is 1. The number of halogens is 4. The topological polar surface area (TPSA) is 66.4 Å². The second-order valence-corrected chi connectivity index (χ2v) is 9.48. The fraction of sp³-hybridized carbons (Fsp3) is 0.238. The molecule has 4 rings (SSSR count). The Labute approximate surface area is 188 Å². The number of nitrogens with zero attached hydrogens (tertiary/aromatic N) is 4. The van der Waals surface area contributed by atoms with E-state index >= 15 is 0 Å². The van der Waals surface area contributed by atoms with E-state index in [0.717, 1.165) is 27.7 Å². The molecule has 32 heavy (non-hydrogen) atoms. The lowest BCUT2D eigenvalue weighted by molar-refractivity contribution is -0.137. The van der Waals surface area contributed by atoms with E-state index in [0.29, 0.717) is 25.0 Å². The number of rotatable bonds is 4. The van der Waals surface area contributed by atoms with Crippen LogP contribution >= 0.6 is 11.6 Å². The first-order valence-corrected chi connectivity index (χ1v) is 11.5. The van der Waals surface area contributed by atoms with E-state index in [9.17, 15) is 21.6 Å². The van der Waals surface area contributed by atoms with Crippen molar-refractivity contribution in [2.45, 2.75) is 11.1 Å². The maximum atomic E-state index is 13.1. The van der Waals surface area contributed by atoms with E-state index in [1.165, 1.54) is 6.33 Å². The lowest BCUT2D eigenvalue weighted by Gasteiger charge is -2.34. The molecule has 168 valence electrons. The molecule has 0 spiro atoms. The maximum Gasteiger partial charge on any atom is 0.416 e. The van der Waals surface area contributed by atoms with E-state index in [2.05, 4.69) is 9.97 Å². The summed E-state index contributed by atoms with van der Waals surface area (Å²) in [7, 11) is -4.19. The second-order valence-electron chi connectivity index (χ2n) is 7.16. The fourth-order valence-electron chi connectivity index (χ4n) is 3.46. The van der Waals surface area contributed by atoms with Crippen LogP contribution in [0.3, 0.4) is 0 Å². The van der Waals surface area contributed by atoms with Gasteiger partial charge in [0.05, 0.1) is 16.3 Å². The first-order chi connectivity index (χ1) is 15.2. The molecular formula is C21H18ClF3N4O2S. The molecule has 3 aromatic rings. The molecule has 6 nitrogen and oxygen atoms in total. The Kier molecular flexibility index (Phi) is 6.11. The van der Waals surface area contributed by atoms with Crippen molar-refractivity contribution in [1.82, 2.24) is 14.3 Å². The van der Waals surface area contributed by atoms with Gasteiger partial charge in [0.15, 0.2) is 0 Å². The van der Waals surface area contributed by atoms with Crippen molar-refractivity contribution in [2.75, 3.05) is 31.1 Å². The first-order valence-electron chi connectivity index (χ1n) is 9.65. The number of alkyl halides is 3. The van der Waals surface area contributed by atoms with Gasteiger partial charge >= 0.3 is 6.18 Å². The molecule has 0 aliphatic carbocycles. The molecule has 0 N–H and O–H groups in total. The van der Waals surface area contributed by atoms with Crippen LogP contribution in [0.15, 0.2) is 65.8 Å². The third-order valence-corrected chi connectivity index (χ3v) is 7.54. The molecule has 1 fully saturated rings. The summed E-state index contributed by atoms with van der Waals surface area (Å²) in [6.07, 6.45) is -3.22. The summed E-state index contributed by atoms with van der Waals surface area (Å²) in [4.78, 5) is 9.94. The van der Waals surface area contributed by atoms with Crippen LogP contribution in [-0.4, -0.2) is 48.9 Å². The highest BCUT2D eigenvalue weighted by molar-refractivity contribution is 7.89. The molecule has 2 heterocycles. The van der Waals surface area contributed by atoms with Crippen LogP contribution in [0.1, 0.15) is 5.56 Å². The van der Waals surface area contributed by atoms with Crippen LogP contribution in [-0.2, 0) is 16.2 Å². The SMILES string of the molecule is O=S(=O)(c1cc(C(F)(F)F)ccc1Cl)N1CCN(c2cc(-c3ccccc3)ncn2)CC1. The number of hydrogen-bond acceptors (Lipinski definition) is 5. The Bertz CT molecular complexity index is 1220. The summed E-state index contributed by atoms with van der Waals surface area (Å²) in [6, 6.07) is 13.7. The van der Waals surface area contributed by atoms with Crippen molar-refractivity contribution in [1.29, 1.82) is 0 Å². The molecule has 1 aliphatic heterocycles. The summed E-state index contributed by atoms with van der Waals surface area (Å²) < 4.78 is 66.3. The molecule has 1 aromatic heterocycles. The number of sulfonamides is 1. The minimum atomic E-state index is -4.67. The molecule has 0 saturated carbocycles. The van der Waals surface area contributed by atoms with E-state index in [1.807, 2.05) is 41.3 Å². The summed E-state index contributed by atoms with van der Waals surface area (Å²) in [5.74, 6) is 0.646. The minimum absolute atomic E-state index is 0.0829. The first kappa shape index (κ1) is 22.5. The van der Waals surface area contributed by atoms with Gasteiger partial charge < -0.3 is 4.90 Å². The van der Waals surface area contributed by atoms with Gasteiger partial charge in [-0.2, -0.15) is 17.5 Å². The Morgan fingerprint density at radius 2 is 1.59 bits per heavy atom. The van der Waals surface area contributed by atoms with E-state index in [4.69, 9.17) is 11.6 Å². The summed E-state index contributed by atoms with van der Waals surface area (Å²) in [6.45, 7) is 0.807. The zero-order valence-electron chi connectivity index (χ0n) is 16.6. The third-order valence-electron chi connectivity index (χ3n) is 5.16. The molecule has 2 aromatic carbocycles. The molecular weight excluding hydrogens is 465 g/mol. The standard InChI is InChI=1S/C21H18ClF3N4O2S/c22-17-7-6-16(21(23,24)25)12-19(17)32(30,31)29-10-8-28(9-11-29)20-13-18(26-14-27-20)15-4-2-1-3-5-15/h1-7,12-14H,8-11H2. The van der Waals surface area contributed by atoms with E-state index in [-0.39, 0.29) is 18.1 Å². The van der Waals surface area contributed by atoms with Gasteiger partial charge in [0.25, 0.3) is 0 Å². The van der Waals surface area contributed by atoms with Gasteiger partial charge in [-0.1, -0.05) is 41.9 Å². The quantitative estimate of drug-likeness (QED) is 0.554. The highest BCUT2D eigenvalue weighted by atomic mass is 35.5. The maximum absolute atomic E-state index is 13.1. The van der Waals surface area contributed by atoms with Crippen LogP contribution in [0.5, 0.6) is 0 Å². The second kappa shape index (κ2) is 8.68. The zero-order chi connectivity index (χ0) is 22.9. The van der Waals surface area contributed by atoms with Gasteiger partial charge in [0, 0.05) is 37.8 Å². The number of hydrogen-bond donors (Lipinski definition) is 0. The monoisotopic (exact) mass is 482 g/mol. The Hall–Kier alpha value is -2.69. The number of benzene rings is 2. The van der Waals surface area contributed by atoms with Crippen LogP contribution in [0, 0.1) is 0 Å². The fourth-order valence-corrected chi connectivity index (χ4v) is 5.38. The number of aromatic nitrogens is 2. The van der Waals surface area contributed by atoms with Gasteiger partial charge in [-0.3, -0.25) is 0 Å². The van der Waals surface area contributed by atoms with E-state index in [1.54, 1.807) is 0 Å². The molecule has 1 saturated heterocycles. The molecule has 0 atom stereocenters. The predicted octanol–water partition coefficient (Wildman–Crippen LogP) is 4.33. The summed E-state index contributed by atoms with van der Waals surface area (Å²) >= 11 is 5.95. The van der Waals surface area contributed by atoms with Gasteiger partial charge in [-0.15, -0.1) is 0 Å². The van der Waals surface area contributed by atoms with Crippen molar-refractivity contribution in [3.63, 3.8) is 0 Å². The Morgan fingerprint density at radius 3 is 2.25 bits per heavy atom. The van der Waals surface area contributed by atoms with Crippen LogP contribution in [0.2, 0.25) is 5.02 Å². The molecule has 0 radical (unpaired) electrons. The molecule has 0 bridgehead atoms. The van der Waals surface area contributed by atoms with Crippen LogP contribution in [0.4, 0.5) is 19.0 Å². The van der Waals surface area contributed by atoms with Gasteiger partial charge in [0.2, 0.25) is 10.0 Å². The van der Waals surface area contributed by atoms with Gasteiger partial charge in [-0.25, -0.2) is 18.4 Å². The van der Waals surface area contributed by atoms with Gasteiger partial charge in [-0.05, 0) is 18.2 Å². The van der Waals surface area contributed by atoms with Crippen molar-refractivity contribution >= 4 is 27.4 Å². The molecule has 11 heteroatoms. The van der Waals surface area contributed by atoms with Crippen LogP contribution in [0.25, 0.3) is 11.3 Å². The lowest BCUT2D eigenvalue weighted by atomic mass is 10.1. The average molecular weight is 483 g/mol. The summed E-state index contributed by atoms with van der Waals surface area (Å²) in [5, 5.41) is -0.247. The minimum Gasteiger partial charge on any atom is -0.354 e. The van der Waals surface area contributed by atoms with Crippen molar-refractivity contribution in [3.05, 3.63) is 71.5 Å². The van der Waals surface area contributed by atoms with Crippen molar-refractivity contribution < 1.29 is 21.6 Å². The van der Waals surface area contributed by atoms with Crippen molar-refractivity contribution in [3.8, 4) is 11.3 Å². The smallest absolute Gasteiger partial charge is 0.354 e. The van der Waals surface area contributed by atoms with Crippen molar-refractivity contribution in [2.24, 2.45) is 0 Å². The predicted molar refractivity (Wildman–Crippen MR) is 115 cm³/mol. The highest BCUT2D eigenvalue weighted by Crippen LogP contribution is 2.34. The summed E-state index contributed by atoms with van der Waals surface area (Å²) in [5.41, 5.74) is 0.603.